The van der Waals surface area contributed by atoms with Gasteiger partial charge in [-0.15, -0.1) is 0 Å². The van der Waals surface area contributed by atoms with Crippen LogP contribution in [-0.4, -0.2) is 35.9 Å². The van der Waals surface area contributed by atoms with Gasteiger partial charge in [0.25, 0.3) is 0 Å². The summed E-state index contributed by atoms with van der Waals surface area (Å²) in [6.07, 6.45) is 0.525. The molecule has 1 fully saturated rings. The number of imide groups is 1. The van der Waals surface area contributed by atoms with E-state index in [9.17, 15) is 14.4 Å². The van der Waals surface area contributed by atoms with Gasteiger partial charge in [-0.25, -0.2) is 4.79 Å². The molecule has 2 aliphatic heterocycles. The second kappa shape index (κ2) is 8.24. The van der Waals surface area contributed by atoms with Gasteiger partial charge in [-0.2, -0.15) is 0 Å². The Labute approximate surface area is 175 Å². The maximum Gasteiger partial charge on any atom is 0.338 e. The smallest absolute Gasteiger partial charge is 0.338 e. The lowest BCUT2D eigenvalue weighted by Gasteiger charge is -2.20. The van der Waals surface area contributed by atoms with Crippen LogP contribution < -0.4 is 9.47 Å². The van der Waals surface area contributed by atoms with Gasteiger partial charge in [-0.1, -0.05) is 28.1 Å². The van der Waals surface area contributed by atoms with Crippen LogP contribution in [0.2, 0.25) is 0 Å². The van der Waals surface area contributed by atoms with E-state index in [2.05, 4.69) is 15.9 Å². The first-order valence-electron chi connectivity index (χ1n) is 9.18. The molecule has 4 rings (SSSR count). The van der Waals surface area contributed by atoms with E-state index >= 15 is 0 Å². The molecular weight excluding hydrogens is 442 g/mol. The number of halogens is 1. The number of hydrogen-bond donors (Lipinski definition) is 0. The Morgan fingerprint density at radius 1 is 1.00 bits per heavy atom. The monoisotopic (exact) mass is 459 g/mol. The number of hydrogen-bond acceptors (Lipinski definition) is 6. The lowest BCUT2D eigenvalue weighted by Crippen LogP contribution is -2.28. The molecule has 0 spiro atoms. The highest BCUT2D eigenvalue weighted by molar-refractivity contribution is 9.10. The normalized spacial score (nSPS) is 15.6. The van der Waals surface area contributed by atoms with Crippen molar-refractivity contribution in [3.63, 3.8) is 0 Å². The van der Waals surface area contributed by atoms with Crippen LogP contribution in [0, 0.1) is 0 Å². The van der Waals surface area contributed by atoms with Crippen LogP contribution in [0.3, 0.4) is 0 Å². The number of amides is 2. The molecule has 29 heavy (non-hydrogen) atoms. The zero-order valence-electron chi connectivity index (χ0n) is 15.5. The zero-order valence-corrected chi connectivity index (χ0v) is 17.1. The number of likely N-dealkylation sites (tertiary alicyclic amines) is 1. The van der Waals surface area contributed by atoms with E-state index in [1.54, 1.807) is 36.4 Å². The van der Waals surface area contributed by atoms with Gasteiger partial charge < -0.3 is 14.2 Å². The molecule has 8 heteroatoms. The SMILES string of the molecule is O=C(OCc1cc2c(cc1Br)OCCO2)c1ccc(CN2C(=O)CCC2=O)cc1. The minimum Gasteiger partial charge on any atom is -0.486 e. The van der Waals surface area contributed by atoms with E-state index in [-0.39, 0.29) is 37.8 Å². The van der Waals surface area contributed by atoms with Crippen molar-refractivity contribution < 1.29 is 28.6 Å². The Bertz CT molecular complexity index is 956. The molecule has 0 unspecified atom stereocenters. The first kappa shape index (κ1) is 19.4. The number of fused-ring (bicyclic) bond motifs is 1. The summed E-state index contributed by atoms with van der Waals surface area (Å²) in [4.78, 5) is 37.0. The van der Waals surface area contributed by atoms with E-state index in [0.717, 1.165) is 15.6 Å². The lowest BCUT2D eigenvalue weighted by atomic mass is 10.1. The minimum atomic E-state index is -0.466. The van der Waals surface area contributed by atoms with Gasteiger partial charge in [0.15, 0.2) is 11.5 Å². The van der Waals surface area contributed by atoms with Gasteiger partial charge in [0.1, 0.15) is 19.8 Å². The number of esters is 1. The third-order valence-electron chi connectivity index (χ3n) is 4.76. The van der Waals surface area contributed by atoms with Crippen LogP contribution >= 0.6 is 15.9 Å². The molecule has 2 heterocycles. The summed E-state index contributed by atoms with van der Waals surface area (Å²) in [7, 11) is 0. The topological polar surface area (TPSA) is 82.1 Å². The highest BCUT2D eigenvalue weighted by Gasteiger charge is 2.28. The maximum absolute atomic E-state index is 12.4. The van der Waals surface area contributed by atoms with Gasteiger partial charge in [0.05, 0.1) is 12.1 Å². The highest BCUT2D eigenvalue weighted by atomic mass is 79.9. The van der Waals surface area contributed by atoms with Crippen molar-refractivity contribution in [2.75, 3.05) is 13.2 Å². The summed E-state index contributed by atoms with van der Waals surface area (Å²) in [5, 5.41) is 0. The summed E-state index contributed by atoms with van der Waals surface area (Å²) in [5.41, 5.74) is 1.94. The summed E-state index contributed by atoms with van der Waals surface area (Å²) >= 11 is 3.46. The van der Waals surface area contributed by atoms with E-state index in [4.69, 9.17) is 14.2 Å². The van der Waals surface area contributed by atoms with Crippen LogP contribution in [0.1, 0.15) is 34.3 Å². The van der Waals surface area contributed by atoms with Crippen LogP contribution in [0.25, 0.3) is 0 Å². The maximum atomic E-state index is 12.4. The number of nitrogens with zero attached hydrogens (tertiary/aromatic N) is 1. The zero-order chi connectivity index (χ0) is 20.4. The van der Waals surface area contributed by atoms with Gasteiger partial charge in [0.2, 0.25) is 11.8 Å². The molecule has 0 bridgehead atoms. The van der Waals surface area contributed by atoms with Gasteiger partial charge in [-0.05, 0) is 29.8 Å². The summed E-state index contributed by atoms with van der Waals surface area (Å²) in [6, 6.07) is 10.3. The third-order valence-corrected chi connectivity index (χ3v) is 5.49. The fourth-order valence-electron chi connectivity index (χ4n) is 3.17. The molecule has 7 nitrogen and oxygen atoms in total. The minimum absolute atomic E-state index is 0.0780. The second-order valence-electron chi connectivity index (χ2n) is 6.73. The number of benzene rings is 2. The molecule has 2 aromatic carbocycles. The molecule has 150 valence electrons. The van der Waals surface area contributed by atoms with Crippen LogP contribution in [-0.2, 0) is 27.5 Å². The Kier molecular flexibility index (Phi) is 5.53. The van der Waals surface area contributed by atoms with Crippen molar-refractivity contribution in [2.45, 2.75) is 26.0 Å². The van der Waals surface area contributed by atoms with Crippen molar-refractivity contribution in [3.8, 4) is 11.5 Å². The molecule has 0 atom stereocenters. The van der Waals surface area contributed by atoms with E-state index < -0.39 is 5.97 Å². The number of rotatable bonds is 5. The molecule has 0 saturated carbocycles. The van der Waals surface area contributed by atoms with Crippen LogP contribution in [0.4, 0.5) is 0 Å². The Morgan fingerprint density at radius 2 is 1.62 bits per heavy atom. The average molecular weight is 460 g/mol. The Hall–Kier alpha value is -2.87. The molecule has 0 radical (unpaired) electrons. The summed E-state index contributed by atoms with van der Waals surface area (Å²) in [6.45, 7) is 1.28. The first-order chi connectivity index (χ1) is 14.0. The Balaban J connectivity index is 1.38. The van der Waals surface area contributed by atoms with Crippen LogP contribution in [0.5, 0.6) is 11.5 Å². The van der Waals surface area contributed by atoms with Gasteiger partial charge in [0, 0.05) is 22.9 Å². The number of carbonyl (C=O) groups excluding carboxylic acids is 3. The fourth-order valence-corrected chi connectivity index (χ4v) is 3.61. The van der Waals surface area contributed by atoms with Crippen LogP contribution in [0.15, 0.2) is 40.9 Å². The van der Waals surface area contributed by atoms with Crippen molar-refractivity contribution >= 4 is 33.7 Å². The summed E-state index contributed by atoms with van der Waals surface area (Å²) in [5.74, 6) is 0.489. The highest BCUT2D eigenvalue weighted by Crippen LogP contribution is 2.35. The quantitative estimate of drug-likeness (QED) is 0.504. The second-order valence-corrected chi connectivity index (χ2v) is 7.59. The Morgan fingerprint density at radius 3 is 2.28 bits per heavy atom. The molecule has 0 aromatic heterocycles. The molecular formula is C21H18BrNO6. The molecule has 2 aliphatic rings. The van der Waals surface area contributed by atoms with Crippen molar-refractivity contribution in [3.05, 3.63) is 57.6 Å². The lowest BCUT2D eigenvalue weighted by molar-refractivity contribution is -0.139. The van der Waals surface area contributed by atoms with Crippen molar-refractivity contribution in [1.29, 1.82) is 0 Å². The molecule has 2 amide bonds. The third kappa shape index (κ3) is 4.27. The fraction of sp³-hybridized carbons (Fsp3) is 0.286. The van der Waals surface area contributed by atoms with E-state index in [1.165, 1.54) is 4.90 Å². The molecule has 1 saturated heterocycles. The molecule has 0 aliphatic carbocycles. The van der Waals surface area contributed by atoms with Crippen molar-refractivity contribution in [2.24, 2.45) is 0 Å². The largest absolute Gasteiger partial charge is 0.486 e. The number of ether oxygens (including phenoxy) is 3. The predicted octanol–water partition coefficient (Wildman–Crippen LogP) is 3.23. The van der Waals surface area contributed by atoms with Gasteiger partial charge in [-0.3, -0.25) is 14.5 Å². The number of carbonyl (C=O) groups is 3. The molecule has 2 aromatic rings. The van der Waals surface area contributed by atoms with E-state index in [0.29, 0.717) is 30.3 Å². The molecule has 0 N–H and O–H groups in total. The summed E-state index contributed by atoms with van der Waals surface area (Å²) < 4.78 is 17.3. The standard InChI is InChI=1S/C21H18BrNO6/c22-16-10-18-17(27-7-8-28-18)9-15(16)12-29-21(26)14-3-1-13(2-4-14)11-23-19(24)5-6-20(23)25/h1-4,9-10H,5-8,11-12H2. The van der Waals surface area contributed by atoms with Gasteiger partial charge >= 0.3 is 5.97 Å². The van der Waals surface area contributed by atoms with E-state index in [1.807, 2.05) is 0 Å². The average Bonchev–Trinajstić information content (AvgIpc) is 3.04. The van der Waals surface area contributed by atoms with Crippen molar-refractivity contribution in [1.82, 2.24) is 4.90 Å². The predicted molar refractivity (Wildman–Crippen MR) is 105 cm³/mol. The first-order valence-corrected chi connectivity index (χ1v) is 9.98.